The third-order valence-corrected chi connectivity index (χ3v) is 4.31. The summed E-state index contributed by atoms with van der Waals surface area (Å²) in [6.45, 7) is 1.38. The first kappa shape index (κ1) is 9.60. The van der Waals surface area contributed by atoms with Crippen LogP contribution < -0.4 is 0 Å². The maximum Gasteiger partial charge on any atom is 0.307 e. The van der Waals surface area contributed by atoms with E-state index in [2.05, 4.69) is 0 Å². The minimum atomic E-state index is -0.626. The summed E-state index contributed by atoms with van der Waals surface area (Å²) in [4.78, 5) is 10.9. The molecule has 2 saturated carbocycles. The van der Waals surface area contributed by atoms with Crippen molar-refractivity contribution in [2.75, 3.05) is 13.2 Å². The van der Waals surface area contributed by atoms with Crippen LogP contribution in [0.2, 0.25) is 0 Å². The van der Waals surface area contributed by atoms with Crippen LogP contribution in [0.1, 0.15) is 32.1 Å². The molecule has 0 amide bonds. The predicted molar refractivity (Wildman–Crippen MR) is 51.3 cm³/mol. The molecule has 0 aromatic rings. The molecule has 1 unspecified atom stereocenters. The zero-order valence-corrected chi connectivity index (χ0v) is 8.70. The van der Waals surface area contributed by atoms with Gasteiger partial charge in [-0.15, -0.1) is 0 Å². The van der Waals surface area contributed by atoms with Crippen molar-refractivity contribution in [3.8, 4) is 0 Å². The van der Waals surface area contributed by atoms with E-state index in [9.17, 15) is 4.79 Å². The Morgan fingerprint density at radius 3 is 2.20 bits per heavy atom. The average Bonchev–Trinajstić information content (AvgIpc) is 2.76. The number of carbonyl (C=O) groups is 1. The highest BCUT2D eigenvalue weighted by molar-refractivity contribution is 5.74. The van der Waals surface area contributed by atoms with Crippen molar-refractivity contribution < 1.29 is 19.4 Å². The highest BCUT2D eigenvalue weighted by Crippen LogP contribution is 2.63. The molecule has 1 saturated heterocycles. The first-order chi connectivity index (χ1) is 7.16. The molecule has 3 rings (SSSR count). The van der Waals surface area contributed by atoms with Gasteiger partial charge in [0.2, 0.25) is 0 Å². The highest BCUT2D eigenvalue weighted by Gasteiger charge is 2.61. The average molecular weight is 212 g/mol. The fraction of sp³-hybridized carbons (Fsp3) is 0.909. The number of rotatable bonds is 1. The van der Waals surface area contributed by atoms with Gasteiger partial charge in [0.25, 0.3) is 0 Å². The molecule has 1 atom stereocenters. The Bertz CT molecular complexity index is 283. The van der Waals surface area contributed by atoms with Gasteiger partial charge in [0.1, 0.15) is 0 Å². The van der Waals surface area contributed by atoms with Gasteiger partial charge in [0, 0.05) is 12.8 Å². The Morgan fingerprint density at radius 1 is 1.13 bits per heavy atom. The van der Waals surface area contributed by atoms with Gasteiger partial charge in [-0.25, -0.2) is 0 Å². The van der Waals surface area contributed by atoms with Gasteiger partial charge in [0.05, 0.1) is 19.1 Å². The fourth-order valence-corrected chi connectivity index (χ4v) is 3.16. The minimum absolute atomic E-state index is 0.0897. The van der Waals surface area contributed by atoms with Crippen LogP contribution in [0.4, 0.5) is 0 Å². The number of aliphatic carboxylic acids is 1. The summed E-state index contributed by atoms with van der Waals surface area (Å²) in [5.74, 6) is -1.08. The maximum absolute atomic E-state index is 10.9. The second-order valence-electron chi connectivity index (χ2n) is 5.06. The highest BCUT2D eigenvalue weighted by atomic mass is 16.7. The van der Waals surface area contributed by atoms with E-state index >= 15 is 0 Å². The van der Waals surface area contributed by atoms with E-state index in [0.29, 0.717) is 13.2 Å². The number of carboxylic acid groups (broad SMARTS) is 1. The summed E-state index contributed by atoms with van der Waals surface area (Å²) in [7, 11) is 0. The van der Waals surface area contributed by atoms with Crippen molar-refractivity contribution in [3.05, 3.63) is 0 Å². The summed E-state index contributed by atoms with van der Waals surface area (Å²) in [5.41, 5.74) is 0.0897. The fourth-order valence-electron chi connectivity index (χ4n) is 3.16. The summed E-state index contributed by atoms with van der Waals surface area (Å²) in [6, 6.07) is 0. The van der Waals surface area contributed by atoms with Gasteiger partial charge < -0.3 is 14.6 Å². The Labute approximate surface area is 88.6 Å². The smallest absolute Gasteiger partial charge is 0.307 e. The Kier molecular flexibility index (Phi) is 1.89. The third kappa shape index (κ3) is 1.39. The lowest BCUT2D eigenvalue weighted by Crippen LogP contribution is -2.36. The monoisotopic (exact) mass is 212 g/mol. The molecule has 3 aliphatic rings. The molecule has 0 bridgehead atoms. The van der Waals surface area contributed by atoms with Crippen LogP contribution in [0.5, 0.6) is 0 Å². The summed E-state index contributed by atoms with van der Waals surface area (Å²) in [6.07, 6.45) is 4.50. The molecule has 0 aromatic carbocycles. The molecule has 84 valence electrons. The molecule has 3 fully saturated rings. The summed E-state index contributed by atoms with van der Waals surface area (Å²) >= 11 is 0. The lowest BCUT2D eigenvalue weighted by atomic mass is 9.81. The molecular formula is C11H16O4. The minimum Gasteiger partial charge on any atom is -0.481 e. The van der Waals surface area contributed by atoms with Crippen molar-refractivity contribution in [1.29, 1.82) is 0 Å². The number of hydrogen-bond acceptors (Lipinski definition) is 3. The third-order valence-electron chi connectivity index (χ3n) is 4.31. The van der Waals surface area contributed by atoms with Crippen LogP contribution in [-0.2, 0) is 14.3 Å². The molecule has 0 aromatic heterocycles. The van der Waals surface area contributed by atoms with E-state index in [1.807, 2.05) is 0 Å². The molecule has 0 radical (unpaired) electrons. The summed E-state index contributed by atoms with van der Waals surface area (Å²) < 4.78 is 11.3. The quantitative estimate of drug-likeness (QED) is 0.713. The van der Waals surface area contributed by atoms with Gasteiger partial charge in [0.15, 0.2) is 5.79 Å². The van der Waals surface area contributed by atoms with Crippen LogP contribution >= 0.6 is 0 Å². The zero-order valence-electron chi connectivity index (χ0n) is 8.70. The number of ether oxygens (including phenoxy) is 2. The lowest BCUT2D eigenvalue weighted by Gasteiger charge is -2.35. The Balaban J connectivity index is 1.64. The largest absolute Gasteiger partial charge is 0.481 e. The van der Waals surface area contributed by atoms with Crippen LogP contribution in [0.25, 0.3) is 0 Å². The number of carboxylic acids is 1. The van der Waals surface area contributed by atoms with E-state index in [0.717, 1.165) is 32.1 Å². The van der Waals surface area contributed by atoms with Crippen molar-refractivity contribution in [2.24, 2.45) is 11.3 Å². The van der Waals surface area contributed by atoms with Crippen molar-refractivity contribution in [1.82, 2.24) is 0 Å². The topological polar surface area (TPSA) is 55.8 Å². The molecule has 2 aliphatic carbocycles. The van der Waals surface area contributed by atoms with Crippen molar-refractivity contribution in [3.63, 3.8) is 0 Å². The van der Waals surface area contributed by atoms with Gasteiger partial charge in [-0.05, 0) is 24.7 Å². The van der Waals surface area contributed by atoms with Crippen molar-refractivity contribution >= 4 is 5.97 Å². The summed E-state index contributed by atoms with van der Waals surface area (Å²) in [5, 5.41) is 8.97. The molecule has 2 spiro atoms. The van der Waals surface area contributed by atoms with Crippen LogP contribution in [0.15, 0.2) is 0 Å². The van der Waals surface area contributed by atoms with Gasteiger partial charge in [-0.3, -0.25) is 4.79 Å². The molecule has 1 heterocycles. The van der Waals surface area contributed by atoms with Crippen LogP contribution in [-0.4, -0.2) is 30.1 Å². The molecular weight excluding hydrogens is 196 g/mol. The van der Waals surface area contributed by atoms with E-state index < -0.39 is 5.97 Å². The molecule has 1 N–H and O–H groups in total. The van der Waals surface area contributed by atoms with Gasteiger partial charge >= 0.3 is 5.97 Å². The van der Waals surface area contributed by atoms with Crippen molar-refractivity contribution in [2.45, 2.75) is 37.9 Å². The van der Waals surface area contributed by atoms with Crippen LogP contribution in [0.3, 0.4) is 0 Å². The normalized spacial score (nSPS) is 35.9. The Morgan fingerprint density at radius 2 is 1.73 bits per heavy atom. The van der Waals surface area contributed by atoms with Gasteiger partial charge in [-0.1, -0.05) is 0 Å². The van der Waals surface area contributed by atoms with E-state index in [1.54, 1.807) is 0 Å². The predicted octanol–water partition coefficient (Wildman–Crippen LogP) is 1.39. The lowest BCUT2D eigenvalue weighted by molar-refractivity contribution is -0.186. The van der Waals surface area contributed by atoms with Gasteiger partial charge in [-0.2, -0.15) is 0 Å². The SMILES string of the molecule is O=C(O)C1CC12CCC1(CC2)OCCO1. The van der Waals surface area contributed by atoms with E-state index in [4.69, 9.17) is 14.6 Å². The zero-order chi connectivity index (χ0) is 10.5. The van der Waals surface area contributed by atoms with E-state index in [-0.39, 0.29) is 17.1 Å². The molecule has 15 heavy (non-hydrogen) atoms. The molecule has 4 heteroatoms. The second-order valence-corrected chi connectivity index (χ2v) is 5.06. The maximum atomic E-state index is 10.9. The first-order valence-electron chi connectivity index (χ1n) is 5.67. The van der Waals surface area contributed by atoms with Crippen LogP contribution in [0, 0.1) is 11.3 Å². The Hall–Kier alpha value is -0.610. The molecule has 1 aliphatic heterocycles. The second kappa shape index (κ2) is 2.95. The standard InChI is InChI=1S/C11H16O4/c12-9(13)8-7-10(8)1-3-11(4-2-10)14-5-6-15-11/h8H,1-7H2,(H,12,13). The van der Waals surface area contributed by atoms with E-state index in [1.165, 1.54) is 0 Å². The first-order valence-corrected chi connectivity index (χ1v) is 5.67. The number of hydrogen-bond donors (Lipinski definition) is 1. The molecule has 4 nitrogen and oxygen atoms in total.